The van der Waals surface area contributed by atoms with E-state index in [4.69, 9.17) is 5.11 Å². The Kier molecular flexibility index (Phi) is 10.4. The van der Waals surface area contributed by atoms with Gasteiger partial charge >= 0.3 is 0 Å². The largest absolute Gasteiger partial charge is 0.395 e. The Bertz CT molecular complexity index is 128. The van der Waals surface area contributed by atoms with Crippen LogP contribution in [0.3, 0.4) is 0 Å². The second-order valence-corrected chi connectivity index (χ2v) is 4.62. The molecule has 15 heavy (non-hydrogen) atoms. The fourth-order valence-electron chi connectivity index (χ4n) is 2.01. The lowest BCUT2D eigenvalue weighted by Gasteiger charge is -2.20. The van der Waals surface area contributed by atoms with E-state index in [0.717, 1.165) is 18.9 Å². The zero-order valence-corrected chi connectivity index (χ0v) is 10.8. The summed E-state index contributed by atoms with van der Waals surface area (Å²) < 4.78 is 0. The maximum absolute atomic E-state index is 8.76. The van der Waals surface area contributed by atoms with E-state index in [-0.39, 0.29) is 6.61 Å². The van der Waals surface area contributed by atoms with E-state index in [0.29, 0.717) is 6.04 Å². The molecular formula is C13H29NO. The summed E-state index contributed by atoms with van der Waals surface area (Å²) in [5.74, 6) is 0.813. The number of rotatable bonds is 10. The molecule has 0 aromatic heterocycles. The first-order chi connectivity index (χ1) is 7.24. The van der Waals surface area contributed by atoms with Crippen LogP contribution in [0.25, 0.3) is 0 Å². The highest BCUT2D eigenvalue weighted by molar-refractivity contribution is 4.68. The predicted molar refractivity (Wildman–Crippen MR) is 67.1 cm³/mol. The Morgan fingerprint density at radius 1 is 1.20 bits per heavy atom. The van der Waals surface area contributed by atoms with Crippen molar-refractivity contribution in [2.45, 2.75) is 65.3 Å². The number of nitrogens with one attached hydrogen (secondary N) is 1. The molecule has 0 aromatic carbocycles. The quantitative estimate of drug-likeness (QED) is 0.549. The van der Waals surface area contributed by atoms with Gasteiger partial charge in [-0.2, -0.15) is 0 Å². The normalized spacial score (nSPS) is 15.2. The molecule has 0 aliphatic rings. The molecule has 0 bridgehead atoms. The molecule has 2 nitrogen and oxygen atoms in total. The van der Waals surface area contributed by atoms with Crippen molar-refractivity contribution >= 4 is 0 Å². The zero-order valence-electron chi connectivity index (χ0n) is 10.8. The van der Waals surface area contributed by atoms with Gasteiger partial charge in [0, 0.05) is 12.6 Å². The summed E-state index contributed by atoms with van der Waals surface area (Å²) in [6.45, 7) is 7.80. The van der Waals surface area contributed by atoms with Crippen molar-refractivity contribution in [3.8, 4) is 0 Å². The fraction of sp³-hybridized carbons (Fsp3) is 1.00. The Labute approximate surface area is 95.5 Å². The highest BCUT2D eigenvalue weighted by Crippen LogP contribution is 2.16. The lowest BCUT2D eigenvalue weighted by Crippen LogP contribution is -2.32. The average molecular weight is 215 g/mol. The second kappa shape index (κ2) is 10.4. The van der Waals surface area contributed by atoms with Crippen LogP contribution in [0.15, 0.2) is 0 Å². The van der Waals surface area contributed by atoms with E-state index >= 15 is 0 Å². The summed E-state index contributed by atoms with van der Waals surface area (Å²) in [7, 11) is 0. The van der Waals surface area contributed by atoms with Crippen molar-refractivity contribution < 1.29 is 5.11 Å². The Morgan fingerprint density at radius 2 is 1.93 bits per heavy atom. The van der Waals surface area contributed by atoms with Crippen LogP contribution in [-0.4, -0.2) is 24.3 Å². The van der Waals surface area contributed by atoms with Crippen LogP contribution in [0, 0.1) is 5.92 Å². The average Bonchev–Trinajstić information content (AvgIpc) is 2.24. The summed E-state index contributed by atoms with van der Waals surface area (Å²) in [4.78, 5) is 0. The van der Waals surface area contributed by atoms with Gasteiger partial charge in [0.25, 0.3) is 0 Å². The van der Waals surface area contributed by atoms with Gasteiger partial charge in [0.2, 0.25) is 0 Å². The van der Waals surface area contributed by atoms with Gasteiger partial charge in [-0.15, -0.1) is 0 Å². The summed E-state index contributed by atoms with van der Waals surface area (Å²) >= 11 is 0. The third-order valence-electron chi connectivity index (χ3n) is 3.02. The molecule has 0 aromatic rings. The molecule has 0 amide bonds. The number of aliphatic hydroxyl groups is 1. The third-order valence-corrected chi connectivity index (χ3v) is 3.02. The van der Waals surface area contributed by atoms with Crippen molar-refractivity contribution in [3.05, 3.63) is 0 Å². The lowest BCUT2D eigenvalue weighted by molar-refractivity contribution is 0.273. The van der Waals surface area contributed by atoms with Gasteiger partial charge in [-0.25, -0.2) is 0 Å². The van der Waals surface area contributed by atoms with Gasteiger partial charge < -0.3 is 10.4 Å². The van der Waals surface area contributed by atoms with Crippen LogP contribution in [-0.2, 0) is 0 Å². The van der Waals surface area contributed by atoms with Crippen LogP contribution in [0.2, 0.25) is 0 Å². The van der Waals surface area contributed by atoms with Gasteiger partial charge in [-0.1, -0.05) is 46.5 Å². The van der Waals surface area contributed by atoms with Gasteiger partial charge in [0.1, 0.15) is 0 Å². The number of unbranched alkanes of at least 4 members (excludes halogenated alkanes) is 2. The van der Waals surface area contributed by atoms with Crippen molar-refractivity contribution in [1.29, 1.82) is 0 Å². The van der Waals surface area contributed by atoms with E-state index in [1.807, 2.05) is 0 Å². The molecule has 92 valence electrons. The molecule has 2 unspecified atom stereocenters. The summed E-state index contributed by atoms with van der Waals surface area (Å²) in [5.41, 5.74) is 0. The molecule has 0 saturated carbocycles. The fourth-order valence-corrected chi connectivity index (χ4v) is 2.01. The molecule has 0 aliphatic carbocycles. The van der Waals surface area contributed by atoms with Crippen LogP contribution in [0.5, 0.6) is 0 Å². The Hall–Kier alpha value is -0.0800. The summed E-state index contributed by atoms with van der Waals surface area (Å²) in [5, 5.41) is 12.1. The molecule has 0 rings (SSSR count). The van der Waals surface area contributed by atoms with E-state index < -0.39 is 0 Å². The second-order valence-electron chi connectivity index (χ2n) is 4.62. The molecule has 0 radical (unpaired) electrons. The Morgan fingerprint density at radius 3 is 2.47 bits per heavy atom. The highest BCUT2D eigenvalue weighted by atomic mass is 16.3. The van der Waals surface area contributed by atoms with E-state index in [2.05, 4.69) is 26.1 Å². The minimum absolute atomic E-state index is 0.251. The van der Waals surface area contributed by atoms with Crippen molar-refractivity contribution in [2.75, 3.05) is 13.2 Å². The smallest absolute Gasteiger partial charge is 0.0556 e. The number of hydrogen-bond donors (Lipinski definition) is 2. The van der Waals surface area contributed by atoms with Crippen LogP contribution in [0.1, 0.15) is 59.3 Å². The SMILES string of the molecule is CCCCCC(C)CC(CC)NCCO. The first-order valence-electron chi connectivity index (χ1n) is 6.58. The van der Waals surface area contributed by atoms with Gasteiger partial charge in [0.15, 0.2) is 0 Å². The summed E-state index contributed by atoms with van der Waals surface area (Å²) in [6.07, 6.45) is 7.81. The van der Waals surface area contributed by atoms with Crippen molar-refractivity contribution in [3.63, 3.8) is 0 Å². The van der Waals surface area contributed by atoms with Crippen molar-refractivity contribution in [2.24, 2.45) is 5.92 Å². The van der Waals surface area contributed by atoms with E-state index in [1.54, 1.807) is 0 Å². The Balaban J connectivity index is 3.55. The molecule has 0 fully saturated rings. The standard InChI is InChI=1S/C13H29NO/c1-4-6-7-8-12(3)11-13(5-2)14-9-10-15/h12-15H,4-11H2,1-3H3. The van der Waals surface area contributed by atoms with Gasteiger partial charge in [-0.3, -0.25) is 0 Å². The first-order valence-corrected chi connectivity index (χ1v) is 6.58. The molecule has 2 atom stereocenters. The topological polar surface area (TPSA) is 32.3 Å². The molecule has 0 saturated heterocycles. The first kappa shape index (κ1) is 14.9. The summed E-state index contributed by atoms with van der Waals surface area (Å²) in [6, 6.07) is 0.591. The molecule has 0 spiro atoms. The monoisotopic (exact) mass is 215 g/mol. The van der Waals surface area contributed by atoms with Crippen LogP contribution < -0.4 is 5.32 Å². The van der Waals surface area contributed by atoms with Gasteiger partial charge in [0.05, 0.1) is 6.61 Å². The zero-order chi connectivity index (χ0) is 11.5. The predicted octanol–water partition coefficient (Wildman–Crippen LogP) is 2.95. The molecule has 2 heteroatoms. The third kappa shape index (κ3) is 8.88. The molecule has 2 N–H and O–H groups in total. The van der Waals surface area contributed by atoms with E-state index in [9.17, 15) is 0 Å². The minimum atomic E-state index is 0.251. The maximum atomic E-state index is 8.76. The minimum Gasteiger partial charge on any atom is -0.395 e. The number of aliphatic hydroxyl groups excluding tert-OH is 1. The van der Waals surface area contributed by atoms with E-state index in [1.165, 1.54) is 32.1 Å². The van der Waals surface area contributed by atoms with Crippen molar-refractivity contribution in [1.82, 2.24) is 5.32 Å². The van der Waals surface area contributed by atoms with Crippen LogP contribution >= 0.6 is 0 Å². The molecule has 0 heterocycles. The van der Waals surface area contributed by atoms with Gasteiger partial charge in [-0.05, 0) is 18.8 Å². The molecule has 0 aliphatic heterocycles. The van der Waals surface area contributed by atoms with Crippen LogP contribution in [0.4, 0.5) is 0 Å². The highest BCUT2D eigenvalue weighted by Gasteiger charge is 2.10. The number of hydrogen-bond acceptors (Lipinski definition) is 2. The lowest BCUT2D eigenvalue weighted by atomic mass is 9.94. The maximum Gasteiger partial charge on any atom is 0.0556 e. The molecular weight excluding hydrogens is 186 g/mol.